The minimum Gasteiger partial charge on any atom is -0.478 e. The zero-order chi connectivity index (χ0) is 19.1. The highest BCUT2D eigenvalue weighted by Gasteiger charge is 2.36. The zero-order valence-corrected chi connectivity index (χ0v) is 15.9. The lowest BCUT2D eigenvalue weighted by molar-refractivity contribution is -0.455. The summed E-state index contributed by atoms with van der Waals surface area (Å²) in [6.45, 7) is 9.97. The number of likely N-dealkylation sites (tertiary alicyclic amines) is 1. The minimum atomic E-state index is -0.892. The zero-order valence-electron chi connectivity index (χ0n) is 15.9. The van der Waals surface area contributed by atoms with E-state index in [1.165, 1.54) is 0 Å². The van der Waals surface area contributed by atoms with Gasteiger partial charge in [-0.15, -0.1) is 0 Å². The standard InChI is InChI=1S/C20H26N2O4/c1-5-20(3,4)26-19(25)21-9-8-14(10-21)11-22-12-16-13(2)15(18(23)24)6-7-17(16)22/h6-7,12,14H,5,8-11H2,1-4H3/p+1. The average Bonchev–Trinajstić information content (AvgIpc) is 3.02. The van der Waals surface area contributed by atoms with Crippen molar-refractivity contribution in [3.8, 4) is 0 Å². The van der Waals surface area contributed by atoms with Crippen molar-refractivity contribution in [3.05, 3.63) is 28.8 Å². The predicted molar refractivity (Wildman–Crippen MR) is 98.6 cm³/mol. The van der Waals surface area contributed by atoms with Crippen molar-refractivity contribution in [2.45, 2.75) is 46.1 Å². The molecule has 0 aromatic heterocycles. The number of benzene rings is 1. The van der Waals surface area contributed by atoms with Crippen molar-refractivity contribution >= 4 is 24.0 Å². The maximum absolute atomic E-state index is 12.3. The number of nitrogens with zero attached hydrogens (tertiary/aromatic N) is 2. The van der Waals surface area contributed by atoms with Crippen LogP contribution < -0.4 is 0 Å². The summed E-state index contributed by atoms with van der Waals surface area (Å²) in [5.41, 5.74) is 2.81. The summed E-state index contributed by atoms with van der Waals surface area (Å²) in [6.07, 6.45) is 3.52. The number of amides is 1. The Labute approximate surface area is 154 Å². The van der Waals surface area contributed by atoms with Gasteiger partial charge in [-0.25, -0.2) is 9.59 Å². The molecular weight excluding hydrogens is 332 g/mol. The number of ether oxygens (including phenoxy) is 1. The molecular formula is C20H27N2O4+. The van der Waals surface area contributed by atoms with Crippen LogP contribution in [-0.2, 0) is 4.74 Å². The van der Waals surface area contributed by atoms with Crippen LogP contribution >= 0.6 is 0 Å². The molecule has 140 valence electrons. The van der Waals surface area contributed by atoms with Gasteiger partial charge in [-0.2, -0.15) is 4.58 Å². The van der Waals surface area contributed by atoms with Crippen LogP contribution in [-0.4, -0.2) is 58.1 Å². The van der Waals surface area contributed by atoms with Crippen molar-refractivity contribution in [2.24, 2.45) is 5.92 Å². The number of carbonyl (C=O) groups excluding carboxylic acids is 1. The maximum Gasteiger partial charge on any atom is 0.410 e. The molecule has 0 aliphatic carbocycles. The first-order valence-electron chi connectivity index (χ1n) is 9.18. The topological polar surface area (TPSA) is 69.8 Å². The van der Waals surface area contributed by atoms with Gasteiger partial charge in [0.15, 0.2) is 12.8 Å². The highest BCUT2D eigenvalue weighted by Crippen LogP contribution is 2.32. The Kier molecular flexibility index (Phi) is 4.78. The normalized spacial score (nSPS) is 18.8. The fourth-order valence-corrected chi connectivity index (χ4v) is 3.47. The molecule has 1 atom stereocenters. The molecule has 0 spiro atoms. The molecule has 2 heterocycles. The fourth-order valence-electron chi connectivity index (χ4n) is 3.47. The number of carboxylic acids is 1. The van der Waals surface area contributed by atoms with E-state index in [9.17, 15) is 14.7 Å². The lowest BCUT2D eigenvalue weighted by Gasteiger charge is -2.27. The number of hydrogen-bond donors (Lipinski definition) is 1. The van der Waals surface area contributed by atoms with E-state index in [-0.39, 0.29) is 6.09 Å². The Morgan fingerprint density at radius 3 is 2.77 bits per heavy atom. The number of rotatable bonds is 5. The second kappa shape index (κ2) is 6.74. The molecule has 1 fully saturated rings. The summed E-state index contributed by atoms with van der Waals surface area (Å²) in [5.74, 6) is -0.506. The van der Waals surface area contributed by atoms with Gasteiger partial charge in [-0.3, -0.25) is 0 Å². The predicted octanol–water partition coefficient (Wildman–Crippen LogP) is 3.42. The van der Waals surface area contributed by atoms with E-state index in [1.54, 1.807) is 11.0 Å². The molecule has 1 unspecified atom stereocenters. The molecule has 1 N–H and O–H groups in total. The fraction of sp³-hybridized carbons (Fsp3) is 0.550. The van der Waals surface area contributed by atoms with E-state index < -0.39 is 11.6 Å². The molecule has 1 aromatic rings. The second-order valence-electron chi connectivity index (χ2n) is 7.84. The Hall–Kier alpha value is -2.37. The molecule has 0 radical (unpaired) electrons. The number of carboxylic acid groups (broad SMARTS) is 1. The summed E-state index contributed by atoms with van der Waals surface area (Å²) in [4.78, 5) is 25.3. The Morgan fingerprint density at radius 2 is 2.12 bits per heavy atom. The highest BCUT2D eigenvalue weighted by atomic mass is 16.6. The number of aromatic carboxylic acids is 1. The molecule has 6 nitrogen and oxygen atoms in total. The SMILES string of the molecule is CCC(C)(C)OC(=O)N1CCC(C[N+]2=Cc3c2ccc(C(=O)O)c3C)C1. The van der Waals surface area contributed by atoms with E-state index in [2.05, 4.69) is 4.58 Å². The van der Waals surface area contributed by atoms with Gasteiger partial charge in [-0.05, 0) is 45.2 Å². The van der Waals surface area contributed by atoms with Gasteiger partial charge in [0, 0.05) is 25.1 Å². The van der Waals surface area contributed by atoms with Crippen LogP contribution in [0.3, 0.4) is 0 Å². The Morgan fingerprint density at radius 1 is 1.38 bits per heavy atom. The first kappa shape index (κ1) is 18.4. The smallest absolute Gasteiger partial charge is 0.410 e. The molecule has 2 aliphatic rings. The van der Waals surface area contributed by atoms with E-state index in [4.69, 9.17) is 4.74 Å². The van der Waals surface area contributed by atoms with Gasteiger partial charge in [0.2, 0.25) is 5.69 Å². The molecule has 0 bridgehead atoms. The molecule has 1 amide bonds. The average molecular weight is 359 g/mol. The van der Waals surface area contributed by atoms with Crippen molar-refractivity contribution in [2.75, 3.05) is 19.6 Å². The van der Waals surface area contributed by atoms with Crippen LogP contribution in [0.25, 0.3) is 0 Å². The van der Waals surface area contributed by atoms with Gasteiger partial charge >= 0.3 is 12.1 Å². The van der Waals surface area contributed by atoms with Crippen LogP contribution in [0.1, 0.15) is 55.1 Å². The van der Waals surface area contributed by atoms with Gasteiger partial charge < -0.3 is 14.7 Å². The summed E-state index contributed by atoms with van der Waals surface area (Å²) in [7, 11) is 0. The maximum atomic E-state index is 12.3. The first-order chi connectivity index (χ1) is 12.2. The quantitative estimate of drug-likeness (QED) is 0.818. The van der Waals surface area contributed by atoms with E-state index in [0.717, 1.165) is 42.7 Å². The summed E-state index contributed by atoms with van der Waals surface area (Å²) >= 11 is 0. The molecule has 6 heteroatoms. The monoisotopic (exact) mass is 359 g/mol. The van der Waals surface area contributed by atoms with Crippen LogP contribution in [0.2, 0.25) is 0 Å². The van der Waals surface area contributed by atoms with Gasteiger partial charge in [0.25, 0.3) is 0 Å². The lowest BCUT2D eigenvalue weighted by atomic mass is 9.96. The minimum absolute atomic E-state index is 0.228. The molecule has 2 aliphatic heterocycles. The molecule has 26 heavy (non-hydrogen) atoms. The third-order valence-electron chi connectivity index (χ3n) is 5.53. The summed E-state index contributed by atoms with van der Waals surface area (Å²) in [6, 6.07) is 3.54. The second-order valence-corrected chi connectivity index (χ2v) is 7.84. The number of hydrogen-bond acceptors (Lipinski definition) is 3. The molecule has 3 rings (SSSR count). The van der Waals surface area contributed by atoms with Gasteiger partial charge in [-0.1, -0.05) is 6.92 Å². The van der Waals surface area contributed by atoms with E-state index in [0.29, 0.717) is 18.0 Å². The lowest BCUT2D eigenvalue weighted by Crippen LogP contribution is -2.37. The Balaban J connectivity index is 1.59. The van der Waals surface area contributed by atoms with Crippen molar-refractivity contribution in [1.82, 2.24) is 4.90 Å². The Bertz CT molecular complexity index is 782. The molecule has 1 aromatic carbocycles. The van der Waals surface area contributed by atoms with Gasteiger partial charge in [0.05, 0.1) is 5.56 Å². The summed E-state index contributed by atoms with van der Waals surface area (Å²) < 4.78 is 7.74. The van der Waals surface area contributed by atoms with Gasteiger partial charge in [0.1, 0.15) is 11.2 Å². The highest BCUT2D eigenvalue weighted by molar-refractivity contribution is 5.98. The van der Waals surface area contributed by atoms with Crippen LogP contribution in [0.5, 0.6) is 0 Å². The van der Waals surface area contributed by atoms with E-state index >= 15 is 0 Å². The summed E-state index contributed by atoms with van der Waals surface area (Å²) in [5, 5.41) is 9.20. The third-order valence-corrected chi connectivity index (χ3v) is 5.53. The first-order valence-corrected chi connectivity index (χ1v) is 9.18. The number of fused-ring (bicyclic) bond motifs is 1. The third kappa shape index (κ3) is 3.45. The van der Waals surface area contributed by atoms with Crippen LogP contribution in [0, 0.1) is 12.8 Å². The largest absolute Gasteiger partial charge is 0.478 e. The van der Waals surface area contributed by atoms with Crippen molar-refractivity contribution in [3.63, 3.8) is 0 Å². The number of carbonyl (C=O) groups is 2. The van der Waals surface area contributed by atoms with Crippen molar-refractivity contribution < 1.29 is 24.0 Å². The van der Waals surface area contributed by atoms with Crippen LogP contribution in [0.4, 0.5) is 10.5 Å². The molecule has 1 saturated heterocycles. The van der Waals surface area contributed by atoms with Crippen molar-refractivity contribution in [1.29, 1.82) is 0 Å². The van der Waals surface area contributed by atoms with Crippen LogP contribution in [0.15, 0.2) is 12.1 Å². The van der Waals surface area contributed by atoms with E-state index in [1.807, 2.05) is 40.0 Å². The molecule has 0 saturated carbocycles.